The van der Waals surface area contributed by atoms with E-state index in [0.717, 1.165) is 43.6 Å². The summed E-state index contributed by atoms with van der Waals surface area (Å²) >= 11 is 0. The number of hydrogen-bond acceptors (Lipinski definition) is 6. The molecule has 0 unspecified atom stereocenters. The van der Waals surface area contributed by atoms with E-state index < -0.39 is 9.84 Å². The highest BCUT2D eigenvalue weighted by molar-refractivity contribution is 7.91. The number of imidazole rings is 2. The maximum absolute atomic E-state index is 13.3. The van der Waals surface area contributed by atoms with Crippen molar-refractivity contribution in [3.05, 3.63) is 30.1 Å². The second-order valence-electron chi connectivity index (χ2n) is 8.43. The molecule has 2 heterocycles. The normalized spacial score (nSPS) is 15.7. The standard InChI is InChI=1S/C21H35N5O3S/c1-17(2)25(16-20-22-10-12-24(20)3)15-18-14-23-21(26(18)11-7-13-29-4)30(27,28)19-8-5-6-9-19/h10,12,14,17,19H,5-9,11,13,15-16H2,1-4H3. The number of nitrogens with zero attached hydrogens (tertiary/aromatic N) is 5. The lowest BCUT2D eigenvalue weighted by atomic mass is 10.2. The first-order valence-electron chi connectivity index (χ1n) is 10.8. The van der Waals surface area contributed by atoms with Crippen LogP contribution in [0.4, 0.5) is 0 Å². The molecule has 0 spiro atoms. The van der Waals surface area contributed by atoms with Gasteiger partial charge in [0.2, 0.25) is 15.0 Å². The summed E-state index contributed by atoms with van der Waals surface area (Å²) in [4.78, 5) is 11.2. The molecule has 168 valence electrons. The topological polar surface area (TPSA) is 82.2 Å². The van der Waals surface area contributed by atoms with E-state index in [4.69, 9.17) is 4.74 Å². The molecule has 2 aromatic rings. The minimum Gasteiger partial charge on any atom is -0.385 e. The van der Waals surface area contributed by atoms with Gasteiger partial charge in [-0.3, -0.25) is 4.90 Å². The highest BCUT2D eigenvalue weighted by Gasteiger charge is 2.34. The van der Waals surface area contributed by atoms with E-state index in [0.29, 0.717) is 26.2 Å². The zero-order valence-corrected chi connectivity index (χ0v) is 19.4. The number of aryl methyl sites for hydroxylation is 1. The van der Waals surface area contributed by atoms with E-state index in [9.17, 15) is 8.42 Å². The third-order valence-electron chi connectivity index (χ3n) is 5.99. The Morgan fingerprint density at radius 1 is 1.23 bits per heavy atom. The van der Waals surface area contributed by atoms with E-state index >= 15 is 0 Å². The Kier molecular flexibility index (Phi) is 7.70. The van der Waals surface area contributed by atoms with Crippen molar-refractivity contribution in [2.45, 2.75) is 82.0 Å². The van der Waals surface area contributed by atoms with Gasteiger partial charge in [0.25, 0.3) is 0 Å². The maximum Gasteiger partial charge on any atom is 0.228 e. The van der Waals surface area contributed by atoms with Crippen LogP contribution in [0.3, 0.4) is 0 Å². The number of ether oxygens (including phenoxy) is 1. The fourth-order valence-electron chi connectivity index (χ4n) is 4.06. The molecule has 0 aliphatic heterocycles. The van der Waals surface area contributed by atoms with Crippen molar-refractivity contribution in [3.63, 3.8) is 0 Å². The molecule has 9 heteroatoms. The van der Waals surface area contributed by atoms with Crippen LogP contribution >= 0.6 is 0 Å². The molecule has 30 heavy (non-hydrogen) atoms. The van der Waals surface area contributed by atoms with Crippen LogP contribution in [-0.4, -0.2) is 57.4 Å². The molecule has 1 fully saturated rings. The number of methoxy groups -OCH3 is 1. The Balaban J connectivity index is 1.88. The van der Waals surface area contributed by atoms with Crippen molar-refractivity contribution >= 4 is 9.84 Å². The summed E-state index contributed by atoms with van der Waals surface area (Å²) in [5, 5.41) is -0.0797. The SMILES string of the molecule is COCCCn1c(CN(Cc2nccn2C)C(C)C)cnc1S(=O)(=O)C1CCCC1. The van der Waals surface area contributed by atoms with Crippen LogP contribution in [0.5, 0.6) is 0 Å². The molecule has 1 aliphatic carbocycles. The Morgan fingerprint density at radius 3 is 2.57 bits per heavy atom. The summed E-state index contributed by atoms with van der Waals surface area (Å²) < 4.78 is 35.7. The van der Waals surface area contributed by atoms with Gasteiger partial charge in [-0.05, 0) is 33.1 Å². The lowest BCUT2D eigenvalue weighted by Gasteiger charge is -2.26. The van der Waals surface area contributed by atoms with E-state index in [1.165, 1.54) is 0 Å². The molecule has 0 bridgehead atoms. The van der Waals surface area contributed by atoms with Gasteiger partial charge in [0.05, 0.1) is 23.7 Å². The van der Waals surface area contributed by atoms with Crippen LogP contribution in [0.1, 0.15) is 57.5 Å². The van der Waals surface area contributed by atoms with Gasteiger partial charge in [-0.1, -0.05) is 12.8 Å². The number of rotatable bonds is 11. The summed E-state index contributed by atoms with van der Waals surface area (Å²) in [5.74, 6) is 0.980. The van der Waals surface area contributed by atoms with Crippen LogP contribution in [0.2, 0.25) is 0 Å². The van der Waals surface area contributed by atoms with Crippen molar-refractivity contribution in [3.8, 4) is 0 Å². The van der Waals surface area contributed by atoms with Gasteiger partial charge in [-0.2, -0.15) is 0 Å². The predicted octanol–water partition coefficient (Wildman–Crippen LogP) is 2.78. The van der Waals surface area contributed by atoms with Crippen LogP contribution < -0.4 is 0 Å². The lowest BCUT2D eigenvalue weighted by Crippen LogP contribution is -2.32. The number of hydrogen-bond donors (Lipinski definition) is 0. The first-order valence-corrected chi connectivity index (χ1v) is 12.4. The molecule has 2 aromatic heterocycles. The zero-order chi connectivity index (χ0) is 21.7. The highest BCUT2D eigenvalue weighted by atomic mass is 32.2. The second-order valence-corrected chi connectivity index (χ2v) is 10.6. The lowest BCUT2D eigenvalue weighted by molar-refractivity contribution is 0.181. The van der Waals surface area contributed by atoms with Crippen molar-refractivity contribution in [1.29, 1.82) is 0 Å². The summed E-state index contributed by atoms with van der Waals surface area (Å²) in [6, 6.07) is 0.277. The van der Waals surface area contributed by atoms with Crippen LogP contribution in [0.25, 0.3) is 0 Å². The minimum atomic E-state index is -3.42. The molecule has 1 saturated carbocycles. The van der Waals surface area contributed by atoms with Gasteiger partial charge in [0, 0.05) is 52.3 Å². The average molecular weight is 438 g/mol. The molecule has 0 aromatic carbocycles. The van der Waals surface area contributed by atoms with Crippen LogP contribution in [0, 0.1) is 0 Å². The molecule has 0 amide bonds. The summed E-state index contributed by atoms with van der Waals surface area (Å²) in [5.41, 5.74) is 0.922. The highest BCUT2D eigenvalue weighted by Crippen LogP contribution is 2.30. The molecule has 3 rings (SSSR count). The Labute approximate surface area is 180 Å². The molecular weight excluding hydrogens is 402 g/mol. The van der Waals surface area contributed by atoms with Crippen LogP contribution in [-0.2, 0) is 41.3 Å². The fourth-order valence-corrected chi connectivity index (χ4v) is 6.03. The Hall–Kier alpha value is -1.71. The molecule has 0 saturated heterocycles. The zero-order valence-electron chi connectivity index (χ0n) is 18.6. The second kappa shape index (κ2) is 10.1. The van der Waals surface area contributed by atoms with E-state index in [2.05, 4.69) is 28.7 Å². The van der Waals surface area contributed by atoms with E-state index in [-0.39, 0.29) is 16.4 Å². The maximum atomic E-state index is 13.3. The number of sulfone groups is 1. The smallest absolute Gasteiger partial charge is 0.228 e. The predicted molar refractivity (Wildman–Crippen MR) is 116 cm³/mol. The van der Waals surface area contributed by atoms with Crippen molar-refractivity contribution in [1.82, 2.24) is 24.0 Å². The molecular formula is C21H35N5O3S. The quantitative estimate of drug-likeness (QED) is 0.503. The third kappa shape index (κ3) is 5.12. The van der Waals surface area contributed by atoms with Crippen molar-refractivity contribution < 1.29 is 13.2 Å². The summed E-state index contributed by atoms with van der Waals surface area (Å²) in [6.45, 7) is 6.76. The summed E-state index contributed by atoms with van der Waals surface area (Å²) in [7, 11) is 0.231. The Bertz CT molecular complexity index is 913. The van der Waals surface area contributed by atoms with Gasteiger partial charge in [-0.15, -0.1) is 0 Å². The molecule has 0 radical (unpaired) electrons. The average Bonchev–Trinajstić information content (AvgIpc) is 3.44. The third-order valence-corrected chi connectivity index (χ3v) is 8.17. The minimum absolute atomic E-state index is 0.223. The van der Waals surface area contributed by atoms with Crippen LogP contribution in [0.15, 0.2) is 23.7 Å². The molecule has 0 N–H and O–H groups in total. The first-order chi connectivity index (χ1) is 14.3. The van der Waals surface area contributed by atoms with Crippen molar-refractivity contribution in [2.24, 2.45) is 7.05 Å². The number of aromatic nitrogens is 4. The van der Waals surface area contributed by atoms with Gasteiger partial charge < -0.3 is 13.9 Å². The van der Waals surface area contributed by atoms with E-state index in [1.54, 1.807) is 19.5 Å². The first kappa shape index (κ1) is 23.0. The fraction of sp³-hybridized carbons (Fsp3) is 0.714. The Morgan fingerprint density at radius 2 is 1.97 bits per heavy atom. The monoisotopic (exact) mass is 437 g/mol. The largest absolute Gasteiger partial charge is 0.385 e. The van der Waals surface area contributed by atoms with Gasteiger partial charge in [-0.25, -0.2) is 18.4 Å². The van der Waals surface area contributed by atoms with Gasteiger partial charge >= 0.3 is 0 Å². The van der Waals surface area contributed by atoms with Gasteiger partial charge in [0.1, 0.15) is 5.82 Å². The molecule has 8 nitrogen and oxygen atoms in total. The van der Waals surface area contributed by atoms with E-state index in [1.807, 2.05) is 22.4 Å². The van der Waals surface area contributed by atoms with Crippen molar-refractivity contribution in [2.75, 3.05) is 13.7 Å². The summed E-state index contributed by atoms with van der Waals surface area (Å²) in [6.07, 6.45) is 9.65. The molecule has 0 atom stereocenters. The van der Waals surface area contributed by atoms with Gasteiger partial charge in [0.15, 0.2) is 0 Å². The molecule has 1 aliphatic rings.